The minimum Gasteiger partial charge on any atom is -0.335 e. The van der Waals surface area contributed by atoms with Crippen LogP contribution in [0.5, 0.6) is 0 Å². The van der Waals surface area contributed by atoms with Crippen LogP contribution in [0.2, 0.25) is 0 Å². The summed E-state index contributed by atoms with van der Waals surface area (Å²) < 4.78 is 0. The Hall–Kier alpha value is -1.08. The van der Waals surface area contributed by atoms with Gasteiger partial charge in [-0.2, -0.15) is 0 Å². The molecule has 1 aromatic rings. The molecule has 2 rings (SSSR count). The lowest BCUT2D eigenvalue weighted by Gasteiger charge is -2.37. The van der Waals surface area contributed by atoms with Gasteiger partial charge in [0.05, 0.1) is 0 Å². The van der Waals surface area contributed by atoms with Crippen LogP contribution in [0.4, 0.5) is 0 Å². The second kappa shape index (κ2) is 6.38. The van der Waals surface area contributed by atoms with Gasteiger partial charge in [0.2, 0.25) is 0 Å². The predicted octanol–water partition coefficient (Wildman–Crippen LogP) is 3.98. The summed E-state index contributed by atoms with van der Waals surface area (Å²) in [6.45, 7) is 8.67. The zero-order valence-electron chi connectivity index (χ0n) is 12.5. The van der Waals surface area contributed by atoms with Crippen molar-refractivity contribution in [3.63, 3.8) is 0 Å². The topological polar surface area (TPSA) is 16.6 Å². The first kappa shape index (κ1) is 14.3. The summed E-state index contributed by atoms with van der Waals surface area (Å²) in [5.41, 5.74) is 3.17. The van der Waals surface area contributed by atoms with Gasteiger partial charge >= 0.3 is 0 Å². The summed E-state index contributed by atoms with van der Waals surface area (Å²) in [6, 6.07) is 11.4. The van der Waals surface area contributed by atoms with E-state index in [1.807, 2.05) is 0 Å². The number of benzene rings is 1. The molecule has 1 fully saturated rings. The third kappa shape index (κ3) is 3.94. The van der Waals surface area contributed by atoms with E-state index in [4.69, 9.17) is 0 Å². The Balaban J connectivity index is 2.09. The molecule has 1 aromatic carbocycles. The van der Waals surface area contributed by atoms with Crippen LogP contribution >= 0.6 is 0 Å². The molecular formula is C18H28N+. The molecule has 0 amide bonds. The normalized spacial score (nSPS) is 19.9. The standard InChI is InChI=1S/C18H27N/c1-15(2)14-18(12-8-5-9-13-18)19-16(3)17-10-6-4-7-11-17/h4,6-7,10-11,16,19H,1,5,8-9,12-14H2,2-3H3/p+1/t16-/m1/s1. The van der Waals surface area contributed by atoms with Crippen LogP contribution in [0.1, 0.15) is 64.0 Å². The molecule has 0 unspecified atom stereocenters. The van der Waals surface area contributed by atoms with Gasteiger partial charge in [0.1, 0.15) is 11.6 Å². The molecule has 0 bridgehead atoms. The maximum absolute atomic E-state index is 4.15. The lowest BCUT2D eigenvalue weighted by atomic mass is 9.77. The van der Waals surface area contributed by atoms with Gasteiger partial charge in [0, 0.05) is 24.8 Å². The van der Waals surface area contributed by atoms with E-state index in [1.54, 1.807) is 0 Å². The van der Waals surface area contributed by atoms with Gasteiger partial charge in [-0.3, -0.25) is 0 Å². The molecule has 0 spiro atoms. The lowest BCUT2D eigenvalue weighted by Crippen LogP contribution is -2.97. The fraction of sp³-hybridized carbons (Fsp3) is 0.556. The van der Waals surface area contributed by atoms with Gasteiger partial charge in [-0.05, 0) is 26.7 Å². The smallest absolute Gasteiger partial charge is 0.109 e. The molecule has 1 saturated carbocycles. The molecule has 1 heteroatoms. The van der Waals surface area contributed by atoms with Gasteiger partial charge in [0.25, 0.3) is 0 Å². The molecule has 19 heavy (non-hydrogen) atoms. The van der Waals surface area contributed by atoms with Gasteiger partial charge < -0.3 is 5.32 Å². The summed E-state index contributed by atoms with van der Waals surface area (Å²) in [5, 5.41) is 2.62. The van der Waals surface area contributed by atoms with Crippen LogP contribution < -0.4 is 5.32 Å². The molecule has 1 aliphatic carbocycles. The van der Waals surface area contributed by atoms with Crippen molar-refractivity contribution in [2.24, 2.45) is 0 Å². The molecule has 1 atom stereocenters. The Labute approximate surface area is 118 Å². The van der Waals surface area contributed by atoms with E-state index in [9.17, 15) is 0 Å². The van der Waals surface area contributed by atoms with Crippen LogP contribution in [0, 0.1) is 0 Å². The molecule has 104 valence electrons. The SMILES string of the molecule is C=C(C)CC1([NH2+][C@H](C)c2ccccc2)CCCCC1. The highest BCUT2D eigenvalue weighted by Crippen LogP contribution is 2.30. The number of hydrogen-bond donors (Lipinski definition) is 1. The first-order chi connectivity index (χ1) is 9.11. The number of rotatable bonds is 5. The van der Waals surface area contributed by atoms with Crippen molar-refractivity contribution < 1.29 is 5.32 Å². The van der Waals surface area contributed by atoms with Crippen molar-refractivity contribution >= 4 is 0 Å². The zero-order chi connectivity index (χ0) is 13.7. The Morgan fingerprint density at radius 1 is 1.21 bits per heavy atom. The third-order valence-electron chi connectivity index (χ3n) is 4.43. The maximum atomic E-state index is 4.15. The average Bonchev–Trinajstić information content (AvgIpc) is 2.39. The minimum atomic E-state index is 0.402. The number of nitrogens with two attached hydrogens (primary N) is 1. The van der Waals surface area contributed by atoms with Crippen molar-refractivity contribution in [1.82, 2.24) is 0 Å². The van der Waals surface area contributed by atoms with E-state index in [-0.39, 0.29) is 0 Å². The zero-order valence-corrected chi connectivity index (χ0v) is 12.5. The van der Waals surface area contributed by atoms with E-state index in [0.717, 1.165) is 0 Å². The fourth-order valence-electron chi connectivity index (χ4n) is 3.64. The van der Waals surface area contributed by atoms with Gasteiger partial charge in [-0.15, -0.1) is 0 Å². The Bertz CT molecular complexity index is 401. The number of quaternary nitrogens is 1. The predicted molar refractivity (Wildman–Crippen MR) is 82.0 cm³/mol. The van der Waals surface area contributed by atoms with Crippen molar-refractivity contribution in [3.8, 4) is 0 Å². The Morgan fingerprint density at radius 2 is 1.84 bits per heavy atom. The summed E-state index contributed by atoms with van der Waals surface area (Å²) >= 11 is 0. The maximum Gasteiger partial charge on any atom is 0.109 e. The molecule has 0 saturated heterocycles. The first-order valence-electron chi connectivity index (χ1n) is 7.67. The largest absolute Gasteiger partial charge is 0.335 e. The molecule has 2 N–H and O–H groups in total. The van der Waals surface area contributed by atoms with Crippen LogP contribution in [-0.2, 0) is 0 Å². The molecular weight excluding hydrogens is 230 g/mol. The van der Waals surface area contributed by atoms with Crippen LogP contribution in [0.25, 0.3) is 0 Å². The van der Waals surface area contributed by atoms with Crippen molar-refractivity contribution in [2.45, 2.75) is 64.0 Å². The van der Waals surface area contributed by atoms with Gasteiger partial charge in [-0.25, -0.2) is 0 Å². The second-order valence-electron chi connectivity index (χ2n) is 6.42. The van der Waals surface area contributed by atoms with E-state index in [2.05, 4.69) is 56.1 Å². The molecule has 0 aliphatic heterocycles. The van der Waals surface area contributed by atoms with E-state index in [0.29, 0.717) is 11.6 Å². The lowest BCUT2D eigenvalue weighted by molar-refractivity contribution is -0.763. The van der Waals surface area contributed by atoms with E-state index >= 15 is 0 Å². The molecule has 1 aliphatic rings. The molecule has 1 nitrogen and oxygen atoms in total. The summed E-state index contributed by atoms with van der Waals surface area (Å²) in [6.07, 6.45) is 8.03. The molecule has 0 radical (unpaired) electrons. The highest BCUT2D eigenvalue weighted by Gasteiger charge is 2.37. The van der Waals surface area contributed by atoms with E-state index in [1.165, 1.54) is 49.7 Å². The summed E-state index contributed by atoms with van der Waals surface area (Å²) in [5.74, 6) is 0. The highest BCUT2D eigenvalue weighted by atomic mass is 15.0. The van der Waals surface area contributed by atoms with Crippen LogP contribution in [-0.4, -0.2) is 5.54 Å². The summed E-state index contributed by atoms with van der Waals surface area (Å²) in [4.78, 5) is 0. The van der Waals surface area contributed by atoms with Crippen molar-refractivity contribution in [1.29, 1.82) is 0 Å². The Kier molecular flexibility index (Phi) is 4.81. The van der Waals surface area contributed by atoms with Crippen LogP contribution in [0.15, 0.2) is 42.5 Å². The van der Waals surface area contributed by atoms with E-state index < -0.39 is 0 Å². The van der Waals surface area contributed by atoms with Crippen molar-refractivity contribution in [3.05, 3.63) is 48.0 Å². The third-order valence-corrected chi connectivity index (χ3v) is 4.43. The van der Waals surface area contributed by atoms with Crippen molar-refractivity contribution in [2.75, 3.05) is 0 Å². The molecule has 0 heterocycles. The highest BCUT2D eigenvalue weighted by molar-refractivity contribution is 5.16. The quantitative estimate of drug-likeness (QED) is 0.769. The van der Waals surface area contributed by atoms with Crippen LogP contribution in [0.3, 0.4) is 0 Å². The minimum absolute atomic E-state index is 0.402. The molecule has 0 aromatic heterocycles. The van der Waals surface area contributed by atoms with Gasteiger partial charge in [-0.1, -0.05) is 48.9 Å². The van der Waals surface area contributed by atoms with Gasteiger partial charge in [0.15, 0.2) is 0 Å². The number of hydrogen-bond acceptors (Lipinski definition) is 0. The second-order valence-corrected chi connectivity index (χ2v) is 6.42. The first-order valence-corrected chi connectivity index (χ1v) is 7.67. The monoisotopic (exact) mass is 258 g/mol. The fourth-order valence-corrected chi connectivity index (χ4v) is 3.64. The average molecular weight is 258 g/mol. The Morgan fingerprint density at radius 3 is 2.42 bits per heavy atom. The summed E-state index contributed by atoms with van der Waals surface area (Å²) in [7, 11) is 0.